The smallest absolute Gasteiger partial charge is 0.253 e. The number of amidine groups is 1. The maximum absolute atomic E-state index is 12.0. The number of thiophene rings is 1. The number of hydrogen-bond donors (Lipinski definition) is 3. The molecule has 6 heteroatoms. The van der Waals surface area contributed by atoms with Crippen molar-refractivity contribution in [2.24, 2.45) is 10.9 Å². The minimum atomic E-state index is -0.833. The summed E-state index contributed by atoms with van der Waals surface area (Å²) in [6.45, 7) is 5.46. The average molecular weight is 255 g/mol. The van der Waals surface area contributed by atoms with Gasteiger partial charge in [0.2, 0.25) is 0 Å². The molecule has 1 aromatic rings. The highest BCUT2D eigenvalue weighted by molar-refractivity contribution is 7.08. The number of aryl methyl sites for hydroxylation is 1. The predicted molar refractivity (Wildman–Crippen MR) is 68.6 cm³/mol. The van der Waals surface area contributed by atoms with Crippen molar-refractivity contribution in [1.82, 2.24) is 5.32 Å². The Hall–Kier alpha value is -1.56. The maximum atomic E-state index is 12.0. The second-order valence-corrected chi connectivity index (χ2v) is 4.84. The van der Waals surface area contributed by atoms with Crippen LogP contribution in [0, 0.1) is 6.92 Å². The van der Waals surface area contributed by atoms with Crippen molar-refractivity contribution in [3.8, 4) is 0 Å². The molecule has 0 radical (unpaired) electrons. The van der Waals surface area contributed by atoms with E-state index < -0.39 is 5.54 Å². The van der Waals surface area contributed by atoms with Gasteiger partial charge in [0.1, 0.15) is 0 Å². The van der Waals surface area contributed by atoms with E-state index in [9.17, 15) is 4.79 Å². The summed E-state index contributed by atoms with van der Waals surface area (Å²) in [5, 5.41) is 18.2. The van der Waals surface area contributed by atoms with Crippen LogP contribution in [-0.4, -0.2) is 22.5 Å². The van der Waals surface area contributed by atoms with Gasteiger partial charge in [0.05, 0.1) is 11.1 Å². The van der Waals surface area contributed by atoms with E-state index in [4.69, 9.17) is 10.9 Å². The molecule has 0 saturated heterocycles. The molecular formula is C11H17N3O2S. The van der Waals surface area contributed by atoms with Gasteiger partial charge in [0.15, 0.2) is 5.84 Å². The number of carbonyl (C=O) groups is 1. The molecule has 0 saturated carbocycles. The SMILES string of the molecule is CCC(C)(NC(=O)c1cscc1C)C(N)=NO. The summed E-state index contributed by atoms with van der Waals surface area (Å²) in [7, 11) is 0. The first-order valence-electron chi connectivity index (χ1n) is 5.28. The van der Waals surface area contributed by atoms with Crippen LogP contribution in [0.2, 0.25) is 0 Å². The van der Waals surface area contributed by atoms with Crippen LogP contribution in [0.25, 0.3) is 0 Å². The zero-order valence-electron chi connectivity index (χ0n) is 10.2. The number of nitrogens with two attached hydrogens (primary N) is 1. The summed E-state index contributed by atoms with van der Waals surface area (Å²) in [5.41, 5.74) is 6.30. The third kappa shape index (κ3) is 2.76. The normalized spacial score (nSPS) is 15.4. The van der Waals surface area contributed by atoms with E-state index in [2.05, 4.69) is 10.5 Å². The minimum Gasteiger partial charge on any atom is -0.409 e. The second kappa shape index (κ2) is 5.18. The summed E-state index contributed by atoms with van der Waals surface area (Å²) >= 11 is 1.47. The summed E-state index contributed by atoms with van der Waals surface area (Å²) in [4.78, 5) is 12.0. The fourth-order valence-electron chi connectivity index (χ4n) is 1.35. The summed E-state index contributed by atoms with van der Waals surface area (Å²) in [6, 6.07) is 0. The molecule has 0 fully saturated rings. The second-order valence-electron chi connectivity index (χ2n) is 4.09. The van der Waals surface area contributed by atoms with Crippen LogP contribution >= 0.6 is 11.3 Å². The molecule has 0 aliphatic carbocycles. The van der Waals surface area contributed by atoms with Gasteiger partial charge in [0.25, 0.3) is 5.91 Å². The lowest BCUT2D eigenvalue weighted by Crippen LogP contribution is -2.55. The van der Waals surface area contributed by atoms with Crippen molar-refractivity contribution in [2.45, 2.75) is 32.7 Å². The van der Waals surface area contributed by atoms with E-state index in [0.29, 0.717) is 12.0 Å². The highest BCUT2D eigenvalue weighted by Gasteiger charge is 2.30. The van der Waals surface area contributed by atoms with Gasteiger partial charge in [-0.1, -0.05) is 12.1 Å². The highest BCUT2D eigenvalue weighted by atomic mass is 32.1. The van der Waals surface area contributed by atoms with Gasteiger partial charge in [-0.2, -0.15) is 11.3 Å². The monoisotopic (exact) mass is 255 g/mol. The van der Waals surface area contributed by atoms with Crippen LogP contribution in [-0.2, 0) is 0 Å². The molecule has 0 spiro atoms. The van der Waals surface area contributed by atoms with Crippen LogP contribution < -0.4 is 11.1 Å². The zero-order chi connectivity index (χ0) is 13.1. The molecule has 0 aromatic carbocycles. The molecule has 1 amide bonds. The van der Waals surface area contributed by atoms with E-state index >= 15 is 0 Å². The van der Waals surface area contributed by atoms with Gasteiger partial charge in [0, 0.05) is 5.38 Å². The third-order valence-electron chi connectivity index (χ3n) is 2.87. The summed E-state index contributed by atoms with van der Waals surface area (Å²) < 4.78 is 0. The number of hydrogen-bond acceptors (Lipinski definition) is 4. The number of amides is 1. The predicted octanol–water partition coefficient (Wildman–Crippen LogP) is 1.70. The van der Waals surface area contributed by atoms with Crippen molar-refractivity contribution < 1.29 is 10.0 Å². The Morgan fingerprint density at radius 2 is 2.29 bits per heavy atom. The van der Waals surface area contributed by atoms with Crippen molar-refractivity contribution in [3.63, 3.8) is 0 Å². The largest absolute Gasteiger partial charge is 0.409 e. The molecule has 0 aliphatic rings. The van der Waals surface area contributed by atoms with Gasteiger partial charge in [-0.25, -0.2) is 0 Å². The first kappa shape index (κ1) is 13.5. The molecule has 5 nitrogen and oxygen atoms in total. The lowest BCUT2D eigenvalue weighted by Gasteiger charge is -2.27. The fourth-order valence-corrected chi connectivity index (χ4v) is 2.18. The lowest BCUT2D eigenvalue weighted by atomic mass is 9.97. The molecule has 1 rings (SSSR count). The van der Waals surface area contributed by atoms with E-state index in [0.717, 1.165) is 5.56 Å². The maximum Gasteiger partial charge on any atom is 0.253 e. The van der Waals surface area contributed by atoms with Crippen LogP contribution in [0.1, 0.15) is 36.2 Å². The number of oxime groups is 1. The standard InChI is InChI=1S/C11H17N3O2S/c1-4-11(3,10(12)14-16)13-9(15)8-6-17-5-7(8)2/h5-6,16H,4H2,1-3H3,(H2,12,14)(H,13,15). The number of nitrogens with zero attached hydrogens (tertiary/aromatic N) is 1. The number of carbonyl (C=O) groups excluding carboxylic acids is 1. The van der Waals surface area contributed by atoms with E-state index in [1.54, 1.807) is 12.3 Å². The number of rotatable bonds is 4. The van der Waals surface area contributed by atoms with E-state index in [1.807, 2.05) is 19.2 Å². The summed E-state index contributed by atoms with van der Waals surface area (Å²) in [6.07, 6.45) is 0.540. The van der Waals surface area contributed by atoms with Gasteiger partial charge in [-0.3, -0.25) is 4.79 Å². The molecule has 1 heterocycles. The molecule has 94 valence electrons. The number of nitrogens with one attached hydrogen (secondary N) is 1. The molecule has 0 aliphatic heterocycles. The third-order valence-corrected chi connectivity index (χ3v) is 3.73. The molecule has 0 bridgehead atoms. The molecule has 1 unspecified atom stereocenters. The Morgan fingerprint density at radius 1 is 1.65 bits per heavy atom. The fraction of sp³-hybridized carbons (Fsp3) is 0.455. The molecule has 4 N–H and O–H groups in total. The van der Waals surface area contributed by atoms with Crippen LogP contribution in [0.15, 0.2) is 15.9 Å². The highest BCUT2D eigenvalue weighted by Crippen LogP contribution is 2.16. The average Bonchev–Trinajstić information content (AvgIpc) is 2.74. The van der Waals surface area contributed by atoms with E-state index in [1.165, 1.54) is 11.3 Å². The first-order valence-corrected chi connectivity index (χ1v) is 6.22. The van der Waals surface area contributed by atoms with Crippen molar-refractivity contribution in [2.75, 3.05) is 0 Å². The van der Waals surface area contributed by atoms with Crippen molar-refractivity contribution in [1.29, 1.82) is 0 Å². The Balaban J connectivity index is 2.91. The Kier molecular flexibility index (Phi) is 4.11. The topological polar surface area (TPSA) is 87.7 Å². The van der Waals surface area contributed by atoms with Crippen LogP contribution in [0.4, 0.5) is 0 Å². The minimum absolute atomic E-state index is 0.00114. The van der Waals surface area contributed by atoms with Gasteiger partial charge >= 0.3 is 0 Å². The molecular weight excluding hydrogens is 238 g/mol. The van der Waals surface area contributed by atoms with Crippen molar-refractivity contribution in [3.05, 3.63) is 21.9 Å². The Morgan fingerprint density at radius 3 is 2.71 bits per heavy atom. The summed E-state index contributed by atoms with van der Waals surface area (Å²) in [5.74, 6) is -0.207. The molecule has 1 aromatic heterocycles. The zero-order valence-corrected chi connectivity index (χ0v) is 11.0. The quantitative estimate of drug-likeness (QED) is 0.331. The van der Waals surface area contributed by atoms with Gasteiger partial charge < -0.3 is 16.3 Å². The molecule has 17 heavy (non-hydrogen) atoms. The van der Waals surface area contributed by atoms with Crippen LogP contribution in [0.3, 0.4) is 0 Å². The lowest BCUT2D eigenvalue weighted by molar-refractivity contribution is 0.0925. The Bertz CT molecular complexity index is 442. The molecule has 1 atom stereocenters. The van der Waals surface area contributed by atoms with Crippen molar-refractivity contribution >= 4 is 23.1 Å². The van der Waals surface area contributed by atoms with E-state index in [-0.39, 0.29) is 11.7 Å². The van der Waals surface area contributed by atoms with Gasteiger partial charge in [-0.05, 0) is 31.2 Å². The van der Waals surface area contributed by atoms with Crippen LogP contribution in [0.5, 0.6) is 0 Å². The van der Waals surface area contributed by atoms with Gasteiger partial charge in [-0.15, -0.1) is 0 Å². The first-order chi connectivity index (χ1) is 7.94. The Labute approximate surface area is 104 Å².